The predicted octanol–water partition coefficient (Wildman–Crippen LogP) is 2.18. The van der Waals surface area contributed by atoms with E-state index in [-0.39, 0.29) is 5.91 Å². The zero-order valence-electron chi connectivity index (χ0n) is 11.7. The molecule has 2 heterocycles. The molecule has 0 saturated heterocycles. The van der Waals surface area contributed by atoms with Crippen LogP contribution >= 0.6 is 0 Å². The highest BCUT2D eigenvalue weighted by atomic mass is 16.2. The van der Waals surface area contributed by atoms with Gasteiger partial charge >= 0.3 is 0 Å². The van der Waals surface area contributed by atoms with Crippen LogP contribution in [0.4, 0.5) is 5.69 Å². The molecule has 0 aliphatic rings. The van der Waals surface area contributed by atoms with Gasteiger partial charge in [-0.2, -0.15) is 0 Å². The first kappa shape index (κ1) is 14.0. The number of aromatic nitrogens is 2. The van der Waals surface area contributed by atoms with E-state index in [1.165, 1.54) is 0 Å². The van der Waals surface area contributed by atoms with Crippen molar-refractivity contribution >= 4 is 11.6 Å². The lowest BCUT2D eigenvalue weighted by Crippen LogP contribution is -2.27. The number of hydrogen-bond donors (Lipinski definition) is 1. The second kappa shape index (κ2) is 6.65. The Labute approximate surface area is 118 Å². The zero-order chi connectivity index (χ0) is 14.4. The lowest BCUT2D eigenvalue weighted by Gasteiger charge is -2.16. The smallest absolute Gasteiger partial charge is 0.272 e. The van der Waals surface area contributed by atoms with Gasteiger partial charge in [0.2, 0.25) is 0 Å². The summed E-state index contributed by atoms with van der Waals surface area (Å²) in [5.74, 6) is -0.112. The van der Waals surface area contributed by atoms with Gasteiger partial charge in [-0.3, -0.25) is 9.78 Å². The van der Waals surface area contributed by atoms with Crippen LogP contribution in [0, 0.1) is 0 Å². The minimum absolute atomic E-state index is 0.112. The van der Waals surface area contributed by atoms with Crippen molar-refractivity contribution in [2.45, 2.75) is 13.5 Å². The van der Waals surface area contributed by atoms with Gasteiger partial charge < -0.3 is 10.2 Å². The first-order valence-corrected chi connectivity index (χ1v) is 6.56. The molecule has 20 heavy (non-hydrogen) atoms. The second-order valence-corrected chi connectivity index (χ2v) is 4.44. The molecular formula is C15H18N4O. The van der Waals surface area contributed by atoms with Gasteiger partial charge in [0.25, 0.3) is 5.91 Å². The Morgan fingerprint density at radius 2 is 2.10 bits per heavy atom. The van der Waals surface area contributed by atoms with Gasteiger partial charge in [-0.15, -0.1) is 0 Å². The summed E-state index contributed by atoms with van der Waals surface area (Å²) in [4.78, 5) is 22.2. The standard InChI is InChI=1S/C15H18N4O/c1-3-16-12-7-8-14(18-10-12)15(20)19(2)11-13-6-4-5-9-17-13/h4-10,16H,3,11H2,1-2H3. The van der Waals surface area contributed by atoms with E-state index in [1.807, 2.05) is 31.2 Å². The molecule has 0 saturated carbocycles. The summed E-state index contributed by atoms with van der Waals surface area (Å²) in [6, 6.07) is 9.25. The number of amides is 1. The Morgan fingerprint density at radius 3 is 2.70 bits per heavy atom. The molecule has 0 atom stereocenters. The predicted molar refractivity (Wildman–Crippen MR) is 78.4 cm³/mol. The van der Waals surface area contributed by atoms with E-state index >= 15 is 0 Å². The molecule has 0 bridgehead atoms. The number of rotatable bonds is 5. The van der Waals surface area contributed by atoms with Gasteiger partial charge in [0.1, 0.15) is 5.69 Å². The van der Waals surface area contributed by atoms with Crippen LogP contribution in [0.25, 0.3) is 0 Å². The zero-order valence-corrected chi connectivity index (χ0v) is 11.7. The highest BCUT2D eigenvalue weighted by Crippen LogP contribution is 2.09. The Kier molecular flexibility index (Phi) is 4.65. The van der Waals surface area contributed by atoms with Crippen LogP contribution in [0.3, 0.4) is 0 Å². The van der Waals surface area contributed by atoms with E-state index in [2.05, 4.69) is 15.3 Å². The first-order chi connectivity index (χ1) is 9.70. The second-order valence-electron chi connectivity index (χ2n) is 4.44. The number of hydrogen-bond acceptors (Lipinski definition) is 4. The number of carbonyl (C=O) groups is 1. The molecule has 1 amide bonds. The number of carbonyl (C=O) groups excluding carboxylic acids is 1. The van der Waals surface area contributed by atoms with Crippen molar-refractivity contribution in [2.24, 2.45) is 0 Å². The van der Waals surface area contributed by atoms with Crippen molar-refractivity contribution < 1.29 is 4.79 Å². The average molecular weight is 270 g/mol. The molecule has 2 aromatic rings. The highest BCUT2D eigenvalue weighted by Gasteiger charge is 2.13. The number of anilines is 1. The summed E-state index contributed by atoms with van der Waals surface area (Å²) in [6.07, 6.45) is 3.39. The molecule has 0 aliphatic carbocycles. The summed E-state index contributed by atoms with van der Waals surface area (Å²) in [6.45, 7) is 3.31. The van der Waals surface area contributed by atoms with E-state index < -0.39 is 0 Å². The molecule has 0 aliphatic heterocycles. The van der Waals surface area contributed by atoms with Gasteiger partial charge in [0.05, 0.1) is 24.1 Å². The van der Waals surface area contributed by atoms with E-state index in [1.54, 1.807) is 30.4 Å². The number of nitrogens with one attached hydrogen (secondary N) is 1. The Balaban J connectivity index is 2.03. The minimum atomic E-state index is -0.112. The highest BCUT2D eigenvalue weighted by molar-refractivity contribution is 5.92. The fourth-order valence-corrected chi connectivity index (χ4v) is 1.83. The summed E-state index contributed by atoms with van der Waals surface area (Å²) >= 11 is 0. The number of nitrogens with zero attached hydrogens (tertiary/aromatic N) is 3. The fourth-order valence-electron chi connectivity index (χ4n) is 1.83. The topological polar surface area (TPSA) is 58.1 Å². The lowest BCUT2D eigenvalue weighted by atomic mass is 10.3. The maximum atomic E-state index is 12.2. The molecule has 2 aromatic heterocycles. The summed E-state index contributed by atoms with van der Waals surface area (Å²) < 4.78 is 0. The Bertz CT molecular complexity index is 554. The minimum Gasteiger partial charge on any atom is -0.384 e. The van der Waals surface area contributed by atoms with E-state index in [4.69, 9.17) is 0 Å². The molecule has 0 unspecified atom stereocenters. The van der Waals surface area contributed by atoms with Crippen molar-refractivity contribution in [3.8, 4) is 0 Å². The SMILES string of the molecule is CCNc1ccc(C(=O)N(C)Cc2ccccn2)nc1. The van der Waals surface area contributed by atoms with Crippen molar-refractivity contribution in [1.82, 2.24) is 14.9 Å². The van der Waals surface area contributed by atoms with Gasteiger partial charge in [-0.05, 0) is 31.2 Å². The van der Waals surface area contributed by atoms with Crippen molar-refractivity contribution in [1.29, 1.82) is 0 Å². The molecule has 0 spiro atoms. The molecule has 1 N–H and O–H groups in total. The quantitative estimate of drug-likeness (QED) is 0.904. The molecule has 104 valence electrons. The van der Waals surface area contributed by atoms with Crippen LogP contribution in [0.2, 0.25) is 0 Å². The summed E-state index contributed by atoms with van der Waals surface area (Å²) in [5, 5.41) is 3.15. The van der Waals surface area contributed by atoms with Crippen LogP contribution in [-0.2, 0) is 6.54 Å². The van der Waals surface area contributed by atoms with Crippen LogP contribution < -0.4 is 5.32 Å². The molecule has 0 aromatic carbocycles. The van der Waals surface area contributed by atoms with Gasteiger partial charge in [-0.1, -0.05) is 6.07 Å². The average Bonchev–Trinajstić information content (AvgIpc) is 2.48. The molecule has 5 nitrogen and oxygen atoms in total. The van der Waals surface area contributed by atoms with Crippen molar-refractivity contribution in [3.63, 3.8) is 0 Å². The van der Waals surface area contributed by atoms with Crippen LogP contribution in [0.15, 0.2) is 42.7 Å². The van der Waals surface area contributed by atoms with Crippen LogP contribution in [0.5, 0.6) is 0 Å². The molecular weight excluding hydrogens is 252 g/mol. The largest absolute Gasteiger partial charge is 0.384 e. The lowest BCUT2D eigenvalue weighted by molar-refractivity contribution is 0.0777. The maximum Gasteiger partial charge on any atom is 0.272 e. The first-order valence-electron chi connectivity index (χ1n) is 6.56. The van der Waals surface area contributed by atoms with Crippen molar-refractivity contribution in [2.75, 3.05) is 18.9 Å². The molecule has 5 heteroatoms. The molecule has 2 rings (SSSR count). The third-order valence-electron chi connectivity index (χ3n) is 2.84. The third kappa shape index (κ3) is 3.54. The summed E-state index contributed by atoms with van der Waals surface area (Å²) in [5.41, 5.74) is 2.20. The Morgan fingerprint density at radius 1 is 1.25 bits per heavy atom. The molecule has 0 radical (unpaired) electrons. The summed E-state index contributed by atoms with van der Waals surface area (Å²) in [7, 11) is 1.75. The van der Waals surface area contributed by atoms with E-state index in [9.17, 15) is 4.79 Å². The molecule has 0 fully saturated rings. The number of pyridine rings is 2. The van der Waals surface area contributed by atoms with Gasteiger partial charge in [-0.25, -0.2) is 4.98 Å². The third-order valence-corrected chi connectivity index (χ3v) is 2.84. The maximum absolute atomic E-state index is 12.2. The van der Waals surface area contributed by atoms with Crippen LogP contribution in [-0.4, -0.2) is 34.4 Å². The monoisotopic (exact) mass is 270 g/mol. The Hall–Kier alpha value is -2.43. The van der Waals surface area contributed by atoms with Crippen molar-refractivity contribution in [3.05, 3.63) is 54.1 Å². The van der Waals surface area contributed by atoms with E-state index in [0.29, 0.717) is 12.2 Å². The van der Waals surface area contributed by atoms with Gasteiger partial charge in [0.15, 0.2) is 0 Å². The fraction of sp³-hybridized carbons (Fsp3) is 0.267. The van der Waals surface area contributed by atoms with Crippen LogP contribution in [0.1, 0.15) is 23.1 Å². The van der Waals surface area contributed by atoms with Gasteiger partial charge in [0, 0.05) is 19.8 Å². The normalized spacial score (nSPS) is 10.1. The van der Waals surface area contributed by atoms with E-state index in [0.717, 1.165) is 17.9 Å².